The third kappa shape index (κ3) is 5.01. The molecule has 0 amide bonds. The lowest BCUT2D eigenvalue weighted by atomic mass is 10.2. The minimum Gasteiger partial charge on any atom is -0.493 e. The van der Waals surface area contributed by atoms with Gasteiger partial charge in [0.15, 0.2) is 28.8 Å². The van der Waals surface area contributed by atoms with E-state index in [-0.39, 0.29) is 5.75 Å². The summed E-state index contributed by atoms with van der Waals surface area (Å²) < 4.78 is 32.6. The van der Waals surface area contributed by atoms with Crippen LogP contribution >= 0.6 is 0 Å². The predicted octanol–water partition coefficient (Wildman–Crippen LogP) is 4.38. The molecule has 0 aliphatic carbocycles. The van der Waals surface area contributed by atoms with E-state index in [0.29, 0.717) is 40.1 Å². The smallest absolute Gasteiger partial charge is 0.175 e. The van der Waals surface area contributed by atoms with Crippen LogP contribution in [0.3, 0.4) is 0 Å². The Labute approximate surface area is 203 Å². The summed E-state index contributed by atoms with van der Waals surface area (Å²) in [5, 5.41) is 9.42. The van der Waals surface area contributed by atoms with E-state index in [4.69, 9.17) is 14.2 Å². The number of ether oxygens (including phenoxy) is 3. The van der Waals surface area contributed by atoms with Crippen molar-refractivity contribution in [1.29, 1.82) is 0 Å². The Morgan fingerprint density at radius 3 is 2.63 bits per heavy atom. The number of methoxy groups -OCH3 is 1. The van der Waals surface area contributed by atoms with E-state index >= 15 is 4.39 Å². The van der Waals surface area contributed by atoms with Crippen molar-refractivity contribution in [3.8, 4) is 23.0 Å². The molecule has 8 nitrogen and oxygen atoms in total. The molecule has 1 N–H and O–H groups in total. The molecule has 1 aliphatic rings. The maximum atomic E-state index is 15.1. The van der Waals surface area contributed by atoms with Gasteiger partial charge in [-0.2, -0.15) is 10.2 Å². The van der Waals surface area contributed by atoms with Crippen LogP contribution in [0.15, 0.2) is 36.5 Å². The molecule has 4 aromatic rings. The number of halogens is 1. The summed E-state index contributed by atoms with van der Waals surface area (Å²) in [6.07, 6.45) is 2.39. The van der Waals surface area contributed by atoms with Gasteiger partial charge in [0.05, 0.1) is 25.3 Å². The summed E-state index contributed by atoms with van der Waals surface area (Å²) >= 11 is 0. The monoisotopic (exact) mass is 479 g/mol. The average molecular weight is 480 g/mol. The zero-order chi connectivity index (χ0) is 24.4. The molecule has 184 valence electrons. The van der Waals surface area contributed by atoms with Gasteiger partial charge in [-0.1, -0.05) is 0 Å². The maximum absolute atomic E-state index is 15.1. The molecule has 2 aromatic heterocycles. The van der Waals surface area contributed by atoms with Crippen molar-refractivity contribution in [1.82, 2.24) is 25.0 Å². The van der Waals surface area contributed by atoms with Crippen molar-refractivity contribution >= 4 is 21.8 Å². The summed E-state index contributed by atoms with van der Waals surface area (Å²) in [4.78, 5) is 7.94. The minimum atomic E-state index is -0.427. The third-order valence-corrected chi connectivity index (χ3v) is 6.42. The molecular weight excluding hydrogens is 449 g/mol. The van der Waals surface area contributed by atoms with E-state index in [2.05, 4.69) is 32.0 Å². The van der Waals surface area contributed by atoms with Gasteiger partial charge in [0.25, 0.3) is 0 Å². The Kier molecular flexibility index (Phi) is 6.70. The van der Waals surface area contributed by atoms with Crippen LogP contribution in [0.2, 0.25) is 0 Å². The molecule has 0 unspecified atom stereocenters. The first-order chi connectivity index (χ1) is 17.0. The van der Waals surface area contributed by atoms with Crippen LogP contribution in [-0.4, -0.2) is 78.5 Å². The Bertz CT molecular complexity index is 1330. The summed E-state index contributed by atoms with van der Waals surface area (Å²) in [5.74, 6) is 1.24. The van der Waals surface area contributed by atoms with Crippen LogP contribution in [-0.2, 0) is 0 Å². The molecule has 0 saturated carbocycles. The van der Waals surface area contributed by atoms with Crippen LogP contribution in [0.4, 0.5) is 4.39 Å². The van der Waals surface area contributed by atoms with Gasteiger partial charge >= 0.3 is 0 Å². The number of aromatic nitrogens is 3. The zero-order valence-corrected chi connectivity index (χ0v) is 20.3. The van der Waals surface area contributed by atoms with Crippen molar-refractivity contribution < 1.29 is 18.6 Å². The first kappa shape index (κ1) is 23.3. The van der Waals surface area contributed by atoms with Gasteiger partial charge in [0, 0.05) is 55.4 Å². The number of aromatic amines is 1. The molecule has 35 heavy (non-hydrogen) atoms. The van der Waals surface area contributed by atoms with Gasteiger partial charge in [-0.15, -0.1) is 0 Å². The first-order valence-electron chi connectivity index (χ1n) is 11.8. The van der Waals surface area contributed by atoms with E-state index in [1.165, 1.54) is 6.20 Å². The molecule has 2 aromatic carbocycles. The standard InChI is InChI=1S/C26H30FN5O3/c1-17-13-19-20(29-17)5-6-22(26(19)27)35-25-16-28-30-21-15-24(23(33-3)14-18(21)25)34-12-4-7-32-10-8-31(2)9-11-32/h5-6,13-16,29H,4,7-12H2,1-3H3. The molecule has 3 heterocycles. The number of fused-ring (bicyclic) bond motifs is 2. The highest BCUT2D eigenvalue weighted by atomic mass is 19.1. The van der Waals surface area contributed by atoms with E-state index in [0.717, 1.165) is 50.4 Å². The quantitative estimate of drug-likeness (QED) is 0.376. The second kappa shape index (κ2) is 10.1. The van der Waals surface area contributed by atoms with Gasteiger partial charge in [-0.05, 0) is 44.7 Å². The molecule has 1 fully saturated rings. The van der Waals surface area contributed by atoms with E-state index in [9.17, 15) is 0 Å². The molecule has 0 atom stereocenters. The summed E-state index contributed by atoms with van der Waals surface area (Å²) in [5.41, 5.74) is 2.19. The number of piperazine rings is 1. The molecule has 0 spiro atoms. The highest BCUT2D eigenvalue weighted by Crippen LogP contribution is 2.38. The van der Waals surface area contributed by atoms with E-state index in [1.54, 1.807) is 37.4 Å². The van der Waals surface area contributed by atoms with Crippen LogP contribution in [0.1, 0.15) is 12.1 Å². The van der Waals surface area contributed by atoms with Crippen molar-refractivity contribution in [2.75, 3.05) is 53.5 Å². The highest BCUT2D eigenvalue weighted by Gasteiger charge is 2.17. The zero-order valence-electron chi connectivity index (χ0n) is 20.3. The average Bonchev–Trinajstić information content (AvgIpc) is 3.25. The fourth-order valence-corrected chi connectivity index (χ4v) is 4.42. The number of H-pyrrole nitrogens is 1. The third-order valence-electron chi connectivity index (χ3n) is 6.42. The Balaban J connectivity index is 1.32. The fourth-order valence-electron chi connectivity index (χ4n) is 4.42. The first-order valence-corrected chi connectivity index (χ1v) is 11.8. The number of aryl methyl sites for hydroxylation is 1. The molecule has 9 heteroatoms. The summed E-state index contributed by atoms with van der Waals surface area (Å²) in [7, 11) is 3.75. The summed E-state index contributed by atoms with van der Waals surface area (Å²) in [6, 6.07) is 8.75. The molecular formula is C26H30FN5O3. The van der Waals surface area contributed by atoms with E-state index in [1.807, 2.05) is 6.92 Å². The van der Waals surface area contributed by atoms with Crippen molar-refractivity contribution in [3.63, 3.8) is 0 Å². The predicted molar refractivity (Wildman–Crippen MR) is 133 cm³/mol. The van der Waals surface area contributed by atoms with Crippen LogP contribution in [0, 0.1) is 12.7 Å². The lowest BCUT2D eigenvalue weighted by molar-refractivity contribution is 0.145. The molecule has 5 rings (SSSR count). The van der Waals surface area contributed by atoms with Gasteiger partial charge in [-0.3, -0.25) is 0 Å². The number of hydrogen-bond acceptors (Lipinski definition) is 7. The van der Waals surface area contributed by atoms with Crippen LogP contribution in [0.25, 0.3) is 21.8 Å². The number of benzene rings is 2. The summed E-state index contributed by atoms with van der Waals surface area (Å²) in [6.45, 7) is 7.84. The molecule has 0 radical (unpaired) electrons. The largest absolute Gasteiger partial charge is 0.493 e. The van der Waals surface area contributed by atoms with Gasteiger partial charge in [-0.25, -0.2) is 4.39 Å². The fraction of sp³-hybridized carbons (Fsp3) is 0.385. The van der Waals surface area contributed by atoms with Gasteiger partial charge in [0.1, 0.15) is 5.52 Å². The van der Waals surface area contributed by atoms with Gasteiger partial charge < -0.3 is 29.0 Å². The van der Waals surface area contributed by atoms with E-state index < -0.39 is 5.82 Å². The van der Waals surface area contributed by atoms with Crippen LogP contribution in [0.5, 0.6) is 23.0 Å². The van der Waals surface area contributed by atoms with Crippen molar-refractivity contribution in [3.05, 3.63) is 48.0 Å². The molecule has 0 bridgehead atoms. The van der Waals surface area contributed by atoms with Gasteiger partial charge in [0.2, 0.25) is 0 Å². The number of nitrogens with zero attached hydrogens (tertiary/aromatic N) is 4. The van der Waals surface area contributed by atoms with Crippen molar-refractivity contribution in [2.45, 2.75) is 13.3 Å². The minimum absolute atomic E-state index is 0.119. The normalized spacial score (nSPS) is 15.1. The number of nitrogens with one attached hydrogen (secondary N) is 1. The Morgan fingerprint density at radius 2 is 1.83 bits per heavy atom. The topological polar surface area (TPSA) is 75.7 Å². The second-order valence-corrected chi connectivity index (χ2v) is 8.97. The highest BCUT2D eigenvalue weighted by molar-refractivity contribution is 5.88. The van der Waals surface area contributed by atoms with Crippen LogP contribution < -0.4 is 14.2 Å². The number of likely N-dealkylation sites (N-methyl/N-ethyl adjacent to an activating group) is 1. The number of hydrogen-bond donors (Lipinski definition) is 1. The van der Waals surface area contributed by atoms with Crippen molar-refractivity contribution in [2.24, 2.45) is 0 Å². The molecule has 1 aliphatic heterocycles. The Hall–Kier alpha value is -3.43. The lowest BCUT2D eigenvalue weighted by Crippen LogP contribution is -2.44. The lowest BCUT2D eigenvalue weighted by Gasteiger charge is -2.32. The second-order valence-electron chi connectivity index (χ2n) is 8.97. The number of rotatable bonds is 8. The Morgan fingerprint density at radius 1 is 1.00 bits per heavy atom. The maximum Gasteiger partial charge on any atom is 0.175 e. The molecule has 1 saturated heterocycles. The SMILES string of the molecule is COc1cc2c(Oc3ccc4[nH]c(C)cc4c3F)cnnc2cc1OCCCN1CCN(C)CC1.